The van der Waals surface area contributed by atoms with E-state index in [0.717, 1.165) is 0 Å². The third kappa shape index (κ3) is 4.41. The van der Waals surface area contributed by atoms with Gasteiger partial charge in [-0.15, -0.1) is 10.2 Å². The van der Waals surface area contributed by atoms with Crippen molar-refractivity contribution in [3.63, 3.8) is 0 Å². The van der Waals surface area contributed by atoms with E-state index in [-0.39, 0.29) is 23.6 Å². The van der Waals surface area contributed by atoms with Crippen LogP contribution in [0, 0.1) is 0 Å². The summed E-state index contributed by atoms with van der Waals surface area (Å²) in [6.07, 6.45) is 2.25. The molecule has 2 aromatic rings. The number of aromatic amines is 1. The number of H-pyrrole nitrogens is 1. The molecule has 9 nitrogen and oxygen atoms in total. The van der Waals surface area contributed by atoms with E-state index in [0.29, 0.717) is 25.2 Å². The lowest BCUT2D eigenvalue weighted by atomic mass is 10.2. The molecule has 3 N–H and O–H groups in total. The summed E-state index contributed by atoms with van der Waals surface area (Å²) in [7, 11) is 0. The summed E-state index contributed by atoms with van der Waals surface area (Å²) in [6.45, 7) is 2.16. The molecular formula is C12H16N6O3. The quantitative estimate of drug-likeness (QED) is 0.625. The van der Waals surface area contributed by atoms with Crippen LogP contribution in [-0.4, -0.2) is 39.0 Å². The molecule has 0 fully saturated rings. The molecule has 0 spiro atoms. The zero-order chi connectivity index (χ0) is 15.1. The molecule has 112 valence electrons. The smallest absolute Gasteiger partial charge is 0.286 e. The van der Waals surface area contributed by atoms with Crippen molar-refractivity contribution in [2.45, 2.75) is 25.8 Å². The second-order valence-electron chi connectivity index (χ2n) is 4.40. The monoisotopic (exact) mass is 292 g/mol. The predicted molar refractivity (Wildman–Crippen MR) is 71.0 cm³/mol. The van der Waals surface area contributed by atoms with E-state index in [1.165, 1.54) is 6.26 Å². The van der Waals surface area contributed by atoms with Crippen molar-refractivity contribution in [2.75, 3.05) is 6.54 Å². The van der Waals surface area contributed by atoms with E-state index in [1.54, 1.807) is 19.1 Å². The first-order chi connectivity index (χ1) is 10.2. The van der Waals surface area contributed by atoms with Gasteiger partial charge in [0.2, 0.25) is 5.91 Å². The van der Waals surface area contributed by atoms with Crippen molar-refractivity contribution in [3.05, 3.63) is 30.0 Å². The van der Waals surface area contributed by atoms with Crippen LogP contribution in [0.25, 0.3) is 0 Å². The Hall–Kier alpha value is -2.71. The molecule has 2 heterocycles. The molecule has 9 heteroatoms. The van der Waals surface area contributed by atoms with Gasteiger partial charge in [0.05, 0.1) is 12.3 Å². The van der Waals surface area contributed by atoms with Crippen LogP contribution in [0.1, 0.15) is 42.2 Å². The van der Waals surface area contributed by atoms with Gasteiger partial charge in [0.1, 0.15) is 0 Å². The maximum Gasteiger partial charge on any atom is 0.286 e. The summed E-state index contributed by atoms with van der Waals surface area (Å²) in [5.41, 5.74) is 0. The van der Waals surface area contributed by atoms with E-state index in [2.05, 4.69) is 31.3 Å². The number of furan rings is 1. The first kappa shape index (κ1) is 14.7. The number of nitrogens with zero attached hydrogens (tertiary/aromatic N) is 3. The second-order valence-corrected chi connectivity index (χ2v) is 4.40. The van der Waals surface area contributed by atoms with Gasteiger partial charge < -0.3 is 15.1 Å². The highest BCUT2D eigenvalue weighted by Gasteiger charge is 2.13. The van der Waals surface area contributed by atoms with Crippen molar-refractivity contribution in [3.8, 4) is 0 Å². The Morgan fingerprint density at radius 2 is 2.33 bits per heavy atom. The molecule has 0 saturated heterocycles. The summed E-state index contributed by atoms with van der Waals surface area (Å²) in [6, 6.07) is 2.91. The zero-order valence-corrected chi connectivity index (χ0v) is 11.5. The average Bonchev–Trinajstić information content (AvgIpc) is 3.15. The highest BCUT2D eigenvalue weighted by atomic mass is 16.3. The number of rotatable bonds is 7. The normalized spacial score (nSPS) is 11.9. The Morgan fingerprint density at radius 3 is 3.00 bits per heavy atom. The van der Waals surface area contributed by atoms with Crippen molar-refractivity contribution < 1.29 is 14.0 Å². The van der Waals surface area contributed by atoms with Gasteiger partial charge in [-0.05, 0) is 25.5 Å². The molecule has 1 atom stereocenters. The summed E-state index contributed by atoms with van der Waals surface area (Å²) >= 11 is 0. The minimum Gasteiger partial charge on any atom is -0.459 e. The van der Waals surface area contributed by atoms with Gasteiger partial charge in [0.25, 0.3) is 5.91 Å². The van der Waals surface area contributed by atoms with Crippen molar-refractivity contribution in [2.24, 2.45) is 0 Å². The van der Waals surface area contributed by atoms with Crippen LogP contribution in [0.5, 0.6) is 0 Å². The lowest BCUT2D eigenvalue weighted by molar-refractivity contribution is -0.121. The van der Waals surface area contributed by atoms with Crippen molar-refractivity contribution in [1.82, 2.24) is 31.3 Å². The molecule has 2 aromatic heterocycles. The molecule has 0 radical (unpaired) electrons. The van der Waals surface area contributed by atoms with Gasteiger partial charge in [-0.3, -0.25) is 9.59 Å². The summed E-state index contributed by atoms with van der Waals surface area (Å²) < 4.78 is 4.95. The molecule has 2 amide bonds. The first-order valence-electron chi connectivity index (χ1n) is 6.51. The van der Waals surface area contributed by atoms with Gasteiger partial charge in [0, 0.05) is 13.0 Å². The van der Waals surface area contributed by atoms with Gasteiger partial charge in [-0.2, -0.15) is 5.21 Å². The maximum absolute atomic E-state index is 11.7. The molecule has 0 saturated carbocycles. The average molecular weight is 292 g/mol. The standard InChI is InChI=1S/C12H16N6O3/c1-8(11-15-17-18-16-11)14-10(19)5-2-6-13-12(20)9-4-3-7-21-9/h3-4,7-8H,2,5-6H2,1H3,(H,13,20)(H,14,19)(H,15,16,17,18). The molecule has 21 heavy (non-hydrogen) atoms. The highest BCUT2D eigenvalue weighted by Crippen LogP contribution is 2.04. The Kier molecular flexibility index (Phi) is 5.02. The predicted octanol–water partition coefficient (Wildman–Crippen LogP) is 0.180. The molecule has 2 rings (SSSR count). The third-order valence-corrected chi connectivity index (χ3v) is 2.74. The second kappa shape index (κ2) is 7.17. The van der Waals surface area contributed by atoms with Gasteiger partial charge in [-0.1, -0.05) is 5.21 Å². The van der Waals surface area contributed by atoms with Crippen LogP contribution < -0.4 is 10.6 Å². The number of hydrogen-bond donors (Lipinski definition) is 3. The largest absolute Gasteiger partial charge is 0.459 e. The Balaban J connectivity index is 1.62. The minimum atomic E-state index is -0.311. The lowest BCUT2D eigenvalue weighted by Crippen LogP contribution is -2.29. The minimum absolute atomic E-state index is 0.139. The van der Waals surface area contributed by atoms with Crippen LogP contribution >= 0.6 is 0 Å². The molecule has 0 bridgehead atoms. The Bertz CT molecular complexity index is 566. The summed E-state index contributed by atoms with van der Waals surface area (Å²) in [4.78, 5) is 23.2. The van der Waals surface area contributed by atoms with Crippen LogP contribution in [0.15, 0.2) is 22.8 Å². The van der Waals surface area contributed by atoms with E-state index in [1.807, 2.05) is 0 Å². The van der Waals surface area contributed by atoms with Crippen LogP contribution in [0.3, 0.4) is 0 Å². The van der Waals surface area contributed by atoms with Gasteiger partial charge >= 0.3 is 0 Å². The molecule has 1 unspecified atom stereocenters. The number of hydrogen-bond acceptors (Lipinski definition) is 6. The Labute approximate surface area is 120 Å². The molecular weight excluding hydrogens is 276 g/mol. The van der Waals surface area contributed by atoms with Gasteiger partial charge in [0.15, 0.2) is 11.6 Å². The fourth-order valence-electron chi connectivity index (χ4n) is 1.68. The number of aromatic nitrogens is 4. The van der Waals surface area contributed by atoms with E-state index in [9.17, 15) is 9.59 Å². The number of carbonyl (C=O) groups excluding carboxylic acids is 2. The van der Waals surface area contributed by atoms with Crippen LogP contribution in [0.4, 0.5) is 0 Å². The van der Waals surface area contributed by atoms with E-state index in [4.69, 9.17) is 4.42 Å². The summed E-state index contributed by atoms with van der Waals surface area (Å²) in [5.74, 6) is 0.250. The highest BCUT2D eigenvalue weighted by molar-refractivity contribution is 5.91. The zero-order valence-electron chi connectivity index (χ0n) is 11.5. The maximum atomic E-state index is 11.7. The number of amides is 2. The lowest BCUT2D eigenvalue weighted by Gasteiger charge is -2.09. The third-order valence-electron chi connectivity index (χ3n) is 2.74. The number of nitrogens with one attached hydrogen (secondary N) is 3. The first-order valence-corrected chi connectivity index (χ1v) is 6.51. The van der Waals surface area contributed by atoms with Gasteiger partial charge in [-0.25, -0.2) is 0 Å². The van der Waals surface area contributed by atoms with Crippen molar-refractivity contribution >= 4 is 11.8 Å². The fourth-order valence-corrected chi connectivity index (χ4v) is 1.68. The van der Waals surface area contributed by atoms with E-state index < -0.39 is 0 Å². The summed E-state index contributed by atoms with van der Waals surface area (Å²) in [5, 5.41) is 18.7. The SMILES string of the molecule is CC(NC(=O)CCCNC(=O)c1ccco1)c1nn[nH]n1. The fraction of sp³-hybridized carbons (Fsp3) is 0.417. The molecule has 0 aliphatic carbocycles. The van der Waals surface area contributed by atoms with E-state index >= 15 is 0 Å². The molecule has 0 aliphatic heterocycles. The topological polar surface area (TPSA) is 126 Å². The number of tetrazole rings is 1. The molecule has 0 aliphatic rings. The van der Waals surface area contributed by atoms with Crippen LogP contribution in [0.2, 0.25) is 0 Å². The Morgan fingerprint density at radius 1 is 1.48 bits per heavy atom. The number of carbonyl (C=O) groups is 2. The van der Waals surface area contributed by atoms with Crippen molar-refractivity contribution in [1.29, 1.82) is 0 Å². The van der Waals surface area contributed by atoms with Crippen LogP contribution in [-0.2, 0) is 4.79 Å². The molecule has 0 aromatic carbocycles.